The second-order valence-electron chi connectivity index (χ2n) is 10.2. The first kappa shape index (κ1) is 21.0. The van der Waals surface area contributed by atoms with E-state index in [-0.39, 0.29) is 29.8 Å². The molecule has 2 aliphatic carbocycles. The molecular formula is C27H29N5O2. The third-order valence-electron chi connectivity index (χ3n) is 7.64. The van der Waals surface area contributed by atoms with E-state index in [0.717, 1.165) is 24.1 Å². The number of amides is 3. The molecule has 0 spiro atoms. The van der Waals surface area contributed by atoms with E-state index >= 15 is 0 Å². The summed E-state index contributed by atoms with van der Waals surface area (Å²) < 4.78 is 0. The van der Waals surface area contributed by atoms with Crippen LogP contribution in [0.1, 0.15) is 60.9 Å². The zero-order valence-electron chi connectivity index (χ0n) is 19.4. The Morgan fingerprint density at radius 1 is 0.971 bits per heavy atom. The Hall–Kier alpha value is -3.61. The van der Waals surface area contributed by atoms with Gasteiger partial charge in [-0.15, -0.1) is 0 Å². The number of carbonyl (C=O) groups excluding carboxylic acids is 2. The van der Waals surface area contributed by atoms with Crippen LogP contribution in [0.2, 0.25) is 0 Å². The van der Waals surface area contributed by atoms with Gasteiger partial charge in [-0.25, -0.2) is 4.79 Å². The number of fused-ring (bicyclic) bond motifs is 1. The Bertz CT molecular complexity index is 1240. The summed E-state index contributed by atoms with van der Waals surface area (Å²) in [6, 6.07) is 20.5. The lowest BCUT2D eigenvalue weighted by Crippen LogP contribution is -2.47. The standard InChI is InChI=1S/C27H29N5O2/c1-27(2)23-21(15-32(27)26(34)28-22-14-19(22)17-11-7-4-8-12-17)24(31-30-23)29-25(33)20-13-18(20)16-9-5-3-6-10-16/h3-12,18-20,22H,13-15H2,1-2H3,(H,28,34)(H2,29,30,31,33)/t18-,19-,20+,22+/m0/s1. The molecule has 1 aliphatic heterocycles. The van der Waals surface area contributed by atoms with Gasteiger partial charge in [0.15, 0.2) is 5.82 Å². The molecule has 0 saturated heterocycles. The van der Waals surface area contributed by atoms with Crippen molar-refractivity contribution in [3.8, 4) is 0 Å². The number of carbonyl (C=O) groups is 2. The van der Waals surface area contributed by atoms with Crippen LogP contribution in [0.15, 0.2) is 60.7 Å². The molecule has 7 nitrogen and oxygen atoms in total. The average Bonchev–Trinajstić information content (AvgIpc) is 3.74. The van der Waals surface area contributed by atoms with Crippen LogP contribution in [-0.2, 0) is 16.9 Å². The van der Waals surface area contributed by atoms with Crippen molar-refractivity contribution in [1.82, 2.24) is 20.4 Å². The van der Waals surface area contributed by atoms with Crippen LogP contribution in [0.3, 0.4) is 0 Å². The van der Waals surface area contributed by atoms with Crippen molar-refractivity contribution in [2.45, 2.75) is 56.7 Å². The van der Waals surface area contributed by atoms with Gasteiger partial charge in [-0.1, -0.05) is 60.7 Å². The number of nitrogens with one attached hydrogen (secondary N) is 3. The van der Waals surface area contributed by atoms with Crippen LogP contribution in [-0.4, -0.2) is 33.1 Å². The normalized spacial score (nSPS) is 26.0. The molecule has 2 saturated carbocycles. The third kappa shape index (κ3) is 3.56. The van der Waals surface area contributed by atoms with Crippen molar-refractivity contribution in [3.05, 3.63) is 83.0 Å². The maximum absolute atomic E-state index is 13.2. The van der Waals surface area contributed by atoms with Crippen molar-refractivity contribution in [2.75, 3.05) is 5.32 Å². The summed E-state index contributed by atoms with van der Waals surface area (Å²) in [7, 11) is 0. The number of nitrogens with zero attached hydrogens (tertiary/aromatic N) is 2. The lowest BCUT2D eigenvalue weighted by molar-refractivity contribution is -0.117. The van der Waals surface area contributed by atoms with E-state index in [1.54, 1.807) is 0 Å². The van der Waals surface area contributed by atoms with Crippen molar-refractivity contribution >= 4 is 17.8 Å². The molecule has 7 heteroatoms. The van der Waals surface area contributed by atoms with Gasteiger partial charge >= 0.3 is 6.03 Å². The molecule has 3 aliphatic rings. The van der Waals surface area contributed by atoms with Gasteiger partial charge in [0.1, 0.15) is 0 Å². The Kier molecular flexibility index (Phi) is 4.76. The van der Waals surface area contributed by atoms with Crippen molar-refractivity contribution in [1.29, 1.82) is 0 Å². The van der Waals surface area contributed by atoms with E-state index in [1.165, 1.54) is 11.1 Å². The average molecular weight is 456 g/mol. The molecule has 0 unspecified atom stereocenters. The molecule has 3 amide bonds. The van der Waals surface area contributed by atoms with Gasteiger partial charge in [-0.2, -0.15) is 5.10 Å². The zero-order chi connectivity index (χ0) is 23.4. The van der Waals surface area contributed by atoms with E-state index in [0.29, 0.717) is 18.3 Å². The fourth-order valence-corrected chi connectivity index (χ4v) is 5.37. The van der Waals surface area contributed by atoms with Gasteiger partial charge in [0.05, 0.1) is 17.8 Å². The van der Waals surface area contributed by atoms with Gasteiger partial charge in [0.25, 0.3) is 0 Å². The number of hydrogen-bond acceptors (Lipinski definition) is 3. The summed E-state index contributed by atoms with van der Waals surface area (Å²) in [5.74, 6) is 1.14. The Balaban J connectivity index is 1.11. The summed E-state index contributed by atoms with van der Waals surface area (Å²) in [6.45, 7) is 4.43. The summed E-state index contributed by atoms with van der Waals surface area (Å²) in [6.07, 6.45) is 1.81. The maximum Gasteiger partial charge on any atom is 0.318 e. The van der Waals surface area contributed by atoms with E-state index in [1.807, 2.05) is 55.1 Å². The highest BCUT2D eigenvalue weighted by molar-refractivity contribution is 5.95. The first-order valence-electron chi connectivity index (χ1n) is 12.0. The van der Waals surface area contributed by atoms with Crippen molar-refractivity contribution in [3.63, 3.8) is 0 Å². The molecule has 174 valence electrons. The molecule has 2 fully saturated rings. The van der Waals surface area contributed by atoms with Crippen molar-refractivity contribution in [2.24, 2.45) is 5.92 Å². The lowest BCUT2D eigenvalue weighted by Gasteiger charge is -2.32. The second-order valence-corrected chi connectivity index (χ2v) is 10.2. The second kappa shape index (κ2) is 7.72. The van der Waals surface area contributed by atoms with Gasteiger partial charge in [-0.05, 0) is 43.7 Å². The first-order chi connectivity index (χ1) is 16.4. The van der Waals surface area contributed by atoms with Gasteiger partial charge in [-0.3, -0.25) is 9.89 Å². The number of benzene rings is 2. The third-order valence-corrected chi connectivity index (χ3v) is 7.64. The quantitative estimate of drug-likeness (QED) is 0.530. The van der Waals surface area contributed by atoms with Crippen LogP contribution in [0.4, 0.5) is 10.6 Å². The number of anilines is 1. The first-order valence-corrected chi connectivity index (χ1v) is 12.0. The molecule has 6 rings (SSSR count). The van der Waals surface area contributed by atoms with Crippen LogP contribution < -0.4 is 10.6 Å². The van der Waals surface area contributed by atoms with Crippen LogP contribution in [0.5, 0.6) is 0 Å². The Labute approximate surface area is 198 Å². The number of rotatable bonds is 5. The largest absolute Gasteiger partial charge is 0.335 e. The van der Waals surface area contributed by atoms with Crippen LogP contribution >= 0.6 is 0 Å². The highest BCUT2D eigenvalue weighted by atomic mass is 16.2. The van der Waals surface area contributed by atoms with E-state index in [4.69, 9.17) is 0 Å². The minimum atomic E-state index is -0.543. The molecular weight excluding hydrogens is 426 g/mol. The fraction of sp³-hybridized carbons (Fsp3) is 0.370. The predicted octanol–water partition coefficient (Wildman–Crippen LogP) is 4.47. The highest BCUT2D eigenvalue weighted by Crippen LogP contribution is 2.48. The predicted molar refractivity (Wildman–Crippen MR) is 129 cm³/mol. The van der Waals surface area contributed by atoms with Crippen LogP contribution in [0.25, 0.3) is 0 Å². The van der Waals surface area contributed by atoms with E-state index < -0.39 is 5.54 Å². The molecule has 2 heterocycles. The monoisotopic (exact) mass is 455 g/mol. The molecule has 1 aromatic heterocycles. The van der Waals surface area contributed by atoms with Crippen molar-refractivity contribution < 1.29 is 9.59 Å². The van der Waals surface area contributed by atoms with Gasteiger partial charge < -0.3 is 15.5 Å². The lowest BCUT2D eigenvalue weighted by atomic mass is 10.0. The smallest absolute Gasteiger partial charge is 0.318 e. The summed E-state index contributed by atoms with van der Waals surface area (Å²) in [5.41, 5.74) is 3.69. The number of H-pyrrole nitrogens is 1. The number of hydrogen-bond donors (Lipinski definition) is 3. The molecule has 2 aromatic carbocycles. The SMILES string of the molecule is CC1(C)c2[nH]nc(NC(=O)[C@@H]3C[C@H]3c3ccccc3)c2CN1C(=O)N[C@@H]1C[C@H]1c1ccccc1. The number of urea groups is 1. The summed E-state index contributed by atoms with van der Waals surface area (Å²) in [4.78, 5) is 27.9. The minimum Gasteiger partial charge on any atom is -0.335 e. The summed E-state index contributed by atoms with van der Waals surface area (Å²) in [5, 5.41) is 13.7. The van der Waals surface area contributed by atoms with Gasteiger partial charge in [0.2, 0.25) is 5.91 Å². The Morgan fingerprint density at radius 3 is 2.29 bits per heavy atom. The fourth-order valence-electron chi connectivity index (χ4n) is 5.37. The molecule has 3 aromatic rings. The minimum absolute atomic E-state index is 0.00690. The topological polar surface area (TPSA) is 90.1 Å². The Morgan fingerprint density at radius 2 is 1.62 bits per heavy atom. The molecule has 0 bridgehead atoms. The van der Waals surface area contributed by atoms with E-state index in [2.05, 4.69) is 45.1 Å². The molecule has 3 N–H and O–H groups in total. The van der Waals surface area contributed by atoms with Crippen LogP contribution in [0, 0.1) is 5.92 Å². The van der Waals surface area contributed by atoms with Gasteiger partial charge in [0, 0.05) is 23.4 Å². The zero-order valence-corrected chi connectivity index (χ0v) is 19.4. The highest BCUT2D eigenvalue weighted by Gasteiger charge is 2.48. The molecule has 0 radical (unpaired) electrons. The number of aromatic amines is 1. The van der Waals surface area contributed by atoms with E-state index in [9.17, 15) is 9.59 Å². The number of aromatic nitrogens is 2. The maximum atomic E-state index is 13.2. The summed E-state index contributed by atoms with van der Waals surface area (Å²) >= 11 is 0. The molecule has 34 heavy (non-hydrogen) atoms. The molecule has 4 atom stereocenters.